The molecule has 2 aromatic carbocycles. The maximum Gasteiger partial charge on any atom is 0.244 e. The average molecular weight is 387 g/mol. The van der Waals surface area contributed by atoms with Gasteiger partial charge < -0.3 is 19.7 Å². The zero-order valence-electron chi connectivity index (χ0n) is 15.4. The standard InChI is InChI=1S/C21H23ClN2O3/c1-24(2)14-18(16-6-4-3-5-7-16)23-20(25)9-8-15-12-17(22)21-19(13-15)26-10-11-27-21/h3-9,12-13,18H,10-11,14H2,1-2H3,(H,23,25)/b9-8+/t18-/m1/s1. The predicted octanol–water partition coefficient (Wildman–Crippen LogP) is 3.54. The summed E-state index contributed by atoms with van der Waals surface area (Å²) < 4.78 is 11.1. The molecular weight excluding hydrogens is 364 g/mol. The van der Waals surface area contributed by atoms with E-state index in [9.17, 15) is 4.79 Å². The minimum absolute atomic E-state index is 0.0952. The van der Waals surface area contributed by atoms with Crippen LogP contribution in [-0.4, -0.2) is 44.7 Å². The Kier molecular flexibility index (Phi) is 6.37. The molecule has 0 radical (unpaired) electrons. The highest BCUT2D eigenvalue weighted by atomic mass is 35.5. The molecule has 6 heteroatoms. The fourth-order valence-electron chi connectivity index (χ4n) is 2.90. The van der Waals surface area contributed by atoms with Gasteiger partial charge in [-0.15, -0.1) is 0 Å². The second-order valence-corrected chi connectivity index (χ2v) is 7.00. The van der Waals surface area contributed by atoms with E-state index in [2.05, 4.69) is 5.32 Å². The third-order valence-electron chi connectivity index (χ3n) is 4.11. The molecule has 3 rings (SSSR count). The van der Waals surface area contributed by atoms with Gasteiger partial charge in [-0.05, 0) is 43.4 Å². The highest BCUT2D eigenvalue weighted by Gasteiger charge is 2.17. The minimum atomic E-state index is -0.170. The first-order valence-corrected chi connectivity index (χ1v) is 9.18. The highest BCUT2D eigenvalue weighted by Crippen LogP contribution is 2.38. The van der Waals surface area contributed by atoms with Crippen molar-refractivity contribution in [3.05, 3.63) is 64.7 Å². The third-order valence-corrected chi connectivity index (χ3v) is 4.39. The fourth-order valence-corrected chi connectivity index (χ4v) is 3.18. The van der Waals surface area contributed by atoms with E-state index in [1.54, 1.807) is 12.1 Å². The number of likely N-dealkylation sites (N-methyl/N-ethyl adjacent to an activating group) is 1. The molecule has 1 amide bonds. The van der Waals surface area contributed by atoms with Gasteiger partial charge in [0.1, 0.15) is 13.2 Å². The molecule has 142 valence electrons. The van der Waals surface area contributed by atoms with E-state index in [4.69, 9.17) is 21.1 Å². The SMILES string of the molecule is CN(C)C[C@@H](NC(=O)/C=C/c1cc(Cl)c2c(c1)OCCO2)c1ccccc1. The normalized spacial score (nSPS) is 14.4. The lowest BCUT2D eigenvalue weighted by Gasteiger charge is -2.22. The first-order valence-electron chi connectivity index (χ1n) is 8.80. The van der Waals surface area contributed by atoms with Gasteiger partial charge >= 0.3 is 0 Å². The van der Waals surface area contributed by atoms with E-state index < -0.39 is 0 Å². The second-order valence-electron chi connectivity index (χ2n) is 6.59. The van der Waals surface area contributed by atoms with Crippen LogP contribution in [0.2, 0.25) is 5.02 Å². The summed E-state index contributed by atoms with van der Waals surface area (Å²) in [7, 11) is 3.96. The number of fused-ring (bicyclic) bond motifs is 1. The average Bonchev–Trinajstić information content (AvgIpc) is 2.66. The molecule has 1 aliphatic heterocycles. The van der Waals surface area contributed by atoms with Gasteiger partial charge in [0.2, 0.25) is 5.91 Å². The van der Waals surface area contributed by atoms with Gasteiger partial charge in [0.05, 0.1) is 11.1 Å². The Hall–Kier alpha value is -2.50. The molecule has 5 nitrogen and oxygen atoms in total. The zero-order valence-corrected chi connectivity index (χ0v) is 16.2. The van der Waals surface area contributed by atoms with Crippen LogP contribution in [0.1, 0.15) is 17.2 Å². The molecule has 0 spiro atoms. The molecule has 0 fully saturated rings. The van der Waals surface area contributed by atoms with Gasteiger partial charge in [0.25, 0.3) is 0 Å². The molecule has 0 aromatic heterocycles. The summed E-state index contributed by atoms with van der Waals surface area (Å²) in [4.78, 5) is 14.5. The van der Waals surface area contributed by atoms with Crippen molar-refractivity contribution >= 4 is 23.6 Å². The number of carbonyl (C=O) groups excluding carboxylic acids is 1. The van der Waals surface area contributed by atoms with Crippen LogP contribution in [0.25, 0.3) is 6.08 Å². The number of ether oxygens (including phenoxy) is 2. The highest BCUT2D eigenvalue weighted by molar-refractivity contribution is 6.32. The van der Waals surface area contributed by atoms with Crippen LogP contribution in [-0.2, 0) is 4.79 Å². The Morgan fingerprint density at radius 1 is 1.22 bits per heavy atom. The van der Waals surface area contributed by atoms with Crippen LogP contribution in [0.15, 0.2) is 48.5 Å². The van der Waals surface area contributed by atoms with E-state index in [1.807, 2.05) is 55.4 Å². The van der Waals surface area contributed by atoms with Gasteiger partial charge in [0.15, 0.2) is 11.5 Å². The number of nitrogens with one attached hydrogen (secondary N) is 1. The summed E-state index contributed by atoms with van der Waals surface area (Å²) in [6.07, 6.45) is 3.23. The molecular formula is C21H23ClN2O3. The summed E-state index contributed by atoms with van der Waals surface area (Å²) in [5.74, 6) is 0.986. The molecule has 1 aliphatic rings. The number of hydrogen-bond donors (Lipinski definition) is 1. The van der Waals surface area contributed by atoms with Crippen molar-refractivity contribution in [2.75, 3.05) is 33.9 Å². The first kappa shape index (κ1) is 19.3. The van der Waals surface area contributed by atoms with Gasteiger partial charge in [-0.25, -0.2) is 0 Å². The van der Waals surface area contributed by atoms with Gasteiger partial charge in [-0.1, -0.05) is 41.9 Å². The maximum atomic E-state index is 12.4. The smallest absolute Gasteiger partial charge is 0.244 e. The van der Waals surface area contributed by atoms with Crippen LogP contribution in [0.5, 0.6) is 11.5 Å². The molecule has 0 aliphatic carbocycles. The summed E-state index contributed by atoms with van der Waals surface area (Å²) in [5.41, 5.74) is 1.85. The van der Waals surface area contributed by atoms with E-state index in [1.165, 1.54) is 6.08 Å². The van der Waals surface area contributed by atoms with E-state index >= 15 is 0 Å². The second kappa shape index (κ2) is 8.93. The largest absolute Gasteiger partial charge is 0.486 e. The summed E-state index contributed by atoms with van der Waals surface area (Å²) >= 11 is 6.24. The molecule has 1 atom stereocenters. The molecule has 1 heterocycles. The van der Waals surface area contributed by atoms with E-state index in [-0.39, 0.29) is 11.9 Å². The predicted molar refractivity (Wildman–Crippen MR) is 107 cm³/mol. The van der Waals surface area contributed by atoms with Crippen LogP contribution in [0, 0.1) is 0 Å². The minimum Gasteiger partial charge on any atom is -0.486 e. The Bertz CT molecular complexity index is 822. The summed E-state index contributed by atoms with van der Waals surface area (Å²) in [6, 6.07) is 13.4. The number of benzene rings is 2. The quantitative estimate of drug-likeness (QED) is 0.771. The van der Waals surface area contributed by atoms with Gasteiger partial charge in [0, 0.05) is 12.6 Å². The van der Waals surface area contributed by atoms with Crippen LogP contribution >= 0.6 is 11.6 Å². The van der Waals surface area contributed by atoms with E-state index in [0.717, 1.165) is 11.1 Å². The summed E-state index contributed by atoms with van der Waals surface area (Å²) in [5, 5.41) is 3.53. The number of amides is 1. The van der Waals surface area contributed by atoms with Crippen LogP contribution in [0.4, 0.5) is 0 Å². The van der Waals surface area contributed by atoms with Crippen molar-refractivity contribution in [3.8, 4) is 11.5 Å². The molecule has 2 aromatic rings. The van der Waals surface area contributed by atoms with Gasteiger partial charge in [-0.3, -0.25) is 4.79 Å². The molecule has 1 N–H and O–H groups in total. The van der Waals surface area contributed by atoms with Crippen molar-refractivity contribution in [3.63, 3.8) is 0 Å². The molecule has 0 saturated carbocycles. The Labute approximate surface area is 164 Å². The van der Waals surface area contributed by atoms with Crippen molar-refractivity contribution in [1.29, 1.82) is 0 Å². The maximum absolute atomic E-state index is 12.4. The number of rotatable bonds is 6. The zero-order chi connectivity index (χ0) is 19.2. The Morgan fingerprint density at radius 3 is 2.70 bits per heavy atom. The van der Waals surface area contributed by atoms with Crippen LogP contribution < -0.4 is 14.8 Å². The van der Waals surface area contributed by atoms with Crippen LogP contribution in [0.3, 0.4) is 0 Å². The van der Waals surface area contributed by atoms with Crippen molar-refractivity contribution < 1.29 is 14.3 Å². The fraction of sp³-hybridized carbons (Fsp3) is 0.286. The number of carbonyl (C=O) groups is 1. The number of halogens is 1. The van der Waals surface area contributed by atoms with Crippen molar-refractivity contribution in [1.82, 2.24) is 10.2 Å². The molecule has 0 saturated heterocycles. The molecule has 0 bridgehead atoms. The first-order chi connectivity index (χ1) is 13.0. The topological polar surface area (TPSA) is 50.8 Å². The lowest BCUT2D eigenvalue weighted by Crippen LogP contribution is -2.34. The number of hydrogen-bond acceptors (Lipinski definition) is 4. The Balaban J connectivity index is 1.71. The summed E-state index contributed by atoms with van der Waals surface area (Å²) in [6.45, 7) is 1.68. The Morgan fingerprint density at radius 2 is 1.96 bits per heavy atom. The number of nitrogens with zero attached hydrogens (tertiary/aromatic N) is 1. The van der Waals surface area contributed by atoms with Crippen molar-refractivity contribution in [2.45, 2.75) is 6.04 Å². The monoisotopic (exact) mass is 386 g/mol. The third kappa shape index (κ3) is 5.25. The molecule has 27 heavy (non-hydrogen) atoms. The molecule has 0 unspecified atom stereocenters. The van der Waals surface area contributed by atoms with Gasteiger partial charge in [-0.2, -0.15) is 0 Å². The lowest BCUT2D eigenvalue weighted by molar-refractivity contribution is -0.117. The van der Waals surface area contributed by atoms with E-state index in [0.29, 0.717) is 36.3 Å². The lowest BCUT2D eigenvalue weighted by atomic mass is 10.1. The van der Waals surface area contributed by atoms with Crippen molar-refractivity contribution in [2.24, 2.45) is 0 Å².